The number of halogens is 1. The number of imide groups is 1. The molecule has 0 saturated carbocycles. The SMILES string of the molecule is CC.O=C(Oc1c2c(c(OC(c3ccccc3)c3ccccc3)c3ncccc13)C(=O)N(Cc1ccc(F)cc1)C2=O)N1CCOCC1. The number of ether oxygens (including phenoxy) is 3. The van der Waals surface area contributed by atoms with Crippen molar-refractivity contribution in [2.45, 2.75) is 26.5 Å². The number of amides is 3. The zero-order valence-electron chi connectivity index (χ0n) is 26.6. The summed E-state index contributed by atoms with van der Waals surface area (Å²) < 4.78 is 31.8. The molecule has 0 bridgehead atoms. The minimum absolute atomic E-state index is 0.0556. The lowest BCUT2D eigenvalue weighted by molar-refractivity contribution is 0.0416. The molecule has 9 nitrogen and oxygen atoms in total. The first-order valence-corrected chi connectivity index (χ1v) is 15.9. The Morgan fingerprint density at radius 1 is 0.812 bits per heavy atom. The van der Waals surface area contributed by atoms with Gasteiger partial charge in [-0.25, -0.2) is 9.18 Å². The molecule has 3 heterocycles. The Balaban J connectivity index is 0.00000197. The topological polar surface area (TPSA) is 98.3 Å². The Morgan fingerprint density at radius 2 is 1.40 bits per heavy atom. The molecule has 0 unspecified atom stereocenters. The van der Waals surface area contributed by atoms with Crippen LogP contribution in [0.25, 0.3) is 10.9 Å². The van der Waals surface area contributed by atoms with E-state index in [1.165, 1.54) is 29.2 Å². The van der Waals surface area contributed by atoms with E-state index in [0.29, 0.717) is 37.3 Å². The second-order valence-corrected chi connectivity index (χ2v) is 10.9. The fraction of sp³-hybridized carbons (Fsp3) is 0.211. The molecule has 1 saturated heterocycles. The molecule has 10 heteroatoms. The normalized spacial score (nSPS) is 14.1. The van der Waals surface area contributed by atoms with Gasteiger partial charge in [0.15, 0.2) is 11.5 Å². The fourth-order valence-electron chi connectivity index (χ4n) is 5.76. The summed E-state index contributed by atoms with van der Waals surface area (Å²) in [5.41, 5.74) is 2.28. The molecule has 0 spiro atoms. The maximum Gasteiger partial charge on any atom is 0.415 e. The lowest BCUT2D eigenvalue weighted by atomic mass is 9.99. The van der Waals surface area contributed by atoms with Gasteiger partial charge in [0, 0.05) is 24.7 Å². The first-order valence-electron chi connectivity index (χ1n) is 15.9. The standard InChI is InChI=1S/C36H28FN3O6.C2H6/c37-26-15-13-23(14-16-26)22-40-34(41)28-29(35(40)42)33(45-31(24-8-3-1-4-9-24)25-10-5-2-6-11-25)30-27(12-7-17-38-30)32(28)46-36(43)39-18-20-44-21-19-39;1-2/h1-17,31H,18-22H2;1-2H3. The molecule has 4 aromatic carbocycles. The predicted octanol–water partition coefficient (Wildman–Crippen LogP) is 7.20. The first kappa shape index (κ1) is 32.3. The number of nitrogens with zero attached hydrogens (tertiary/aromatic N) is 3. The maximum absolute atomic E-state index is 14.3. The van der Waals surface area contributed by atoms with Gasteiger partial charge in [-0.05, 0) is 41.0 Å². The molecule has 5 aromatic rings. The molecule has 0 N–H and O–H groups in total. The van der Waals surface area contributed by atoms with E-state index in [1.807, 2.05) is 74.5 Å². The third-order valence-corrected chi connectivity index (χ3v) is 8.04. The Labute approximate surface area is 277 Å². The molecule has 0 aliphatic carbocycles. The van der Waals surface area contributed by atoms with Crippen molar-refractivity contribution in [3.05, 3.63) is 137 Å². The van der Waals surface area contributed by atoms with Gasteiger partial charge >= 0.3 is 6.09 Å². The summed E-state index contributed by atoms with van der Waals surface area (Å²) >= 11 is 0. The molecule has 1 aromatic heterocycles. The quantitative estimate of drug-likeness (QED) is 0.172. The largest absolute Gasteiger partial charge is 0.478 e. The first-order chi connectivity index (χ1) is 23.5. The van der Waals surface area contributed by atoms with E-state index in [4.69, 9.17) is 14.2 Å². The molecule has 1 fully saturated rings. The third kappa shape index (κ3) is 6.34. The lowest BCUT2D eigenvalue weighted by Crippen LogP contribution is -2.42. The number of pyridine rings is 1. The fourth-order valence-corrected chi connectivity index (χ4v) is 5.76. The number of hydrogen-bond acceptors (Lipinski definition) is 7. The van der Waals surface area contributed by atoms with Crippen molar-refractivity contribution in [1.29, 1.82) is 0 Å². The van der Waals surface area contributed by atoms with E-state index >= 15 is 0 Å². The van der Waals surface area contributed by atoms with Gasteiger partial charge in [-0.3, -0.25) is 19.5 Å². The summed E-state index contributed by atoms with van der Waals surface area (Å²) in [6.07, 6.45) is 0.202. The Kier molecular flexibility index (Phi) is 9.73. The summed E-state index contributed by atoms with van der Waals surface area (Å²) in [5, 5.41) is 0.336. The molecular formula is C38H34FN3O6. The van der Waals surface area contributed by atoms with E-state index in [2.05, 4.69) is 4.98 Å². The molecule has 0 radical (unpaired) electrons. The van der Waals surface area contributed by atoms with Crippen molar-refractivity contribution in [2.75, 3.05) is 26.3 Å². The molecule has 0 atom stereocenters. The van der Waals surface area contributed by atoms with Crippen LogP contribution < -0.4 is 9.47 Å². The van der Waals surface area contributed by atoms with Gasteiger partial charge in [0.05, 0.1) is 19.8 Å². The Bertz CT molecular complexity index is 1890. The average molecular weight is 648 g/mol. The molecule has 48 heavy (non-hydrogen) atoms. The highest BCUT2D eigenvalue weighted by Gasteiger charge is 2.44. The molecular weight excluding hydrogens is 613 g/mol. The predicted molar refractivity (Wildman–Crippen MR) is 177 cm³/mol. The van der Waals surface area contributed by atoms with Crippen molar-refractivity contribution in [1.82, 2.24) is 14.8 Å². The molecule has 244 valence electrons. The van der Waals surface area contributed by atoms with Crippen LogP contribution in [-0.4, -0.2) is 59.0 Å². The van der Waals surface area contributed by atoms with Gasteiger partial charge in [-0.15, -0.1) is 0 Å². The number of aromatic nitrogens is 1. The molecule has 2 aliphatic heterocycles. The third-order valence-electron chi connectivity index (χ3n) is 8.04. The van der Waals surface area contributed by atoms with Crippen LogP contribution in [0.5, 0.6) is 11.5 Å². The number of morpholine rings is 1. The summed E-state index contributed by atoms with van der Waals surface area (Å²) in [4.78, 5) is 49.0. The van der Waals surface area contributed by atoms with Crippen LogP contribution in [0.3, 0.4) is 0 Å². The van der Waals surface area contributed by atoms with Crippen LogP contribution in [0.4, 0.5) is 9.18 Å². The highest BCUT2D eigenvalue weighted by Crippen LogP contribution is 2.46. The monoisotopic (exact) mass is 647 g/mol. The summed E-state index contributed by atoms with van der Waals surface area (Å²) in [6, 6.07) is 27.9. The van der Waals surface area contributed by atoms with Crippen LogP contribution in [0.2, 0.25) is 0 Å². The van der Waals surface area contributed by atoms with Gasteiger partial charge in [0.25, 0.3) is 11.8 Å². The Hall–Kier alpha value is -5.61. The van der Waals surface area contributed by atoms with E-state index < -0.39 is 29.8 Å². The van der Waals surface area contributed by atoms with Gasteiger partial charge in [-0.1, -0.05) is 86.6 Å². The average Bonchev–Trinajstić information content (AvgIpc) is 3.39. The number of carbonyl (C=O) groups excluding carboxylic acids is 3. The highest BCUT2D eigenvalue weighted by molar-refractivity contribution is 6.27. The summed E-state index contributed by atoms with van der Waals surface area (Å²) in [5.74, 6) is -1.73. The van der Waals surface area contributed by atoms with E-state index in [-0.39, 0.29) is 34.7 Å². The smallest absolute Gasteiger partial charge is 0.415 e. The summed E-state index contributed by atoms with van der Waals surface area (Å²) in [7, 11) is 0. The summed E-state index contributed by atoms with van der Waals surface area (Å²) in [6.45, 7) is 5.21. The lowest BCUT2D eigenvalue weighted by Gasteiger charge is -2.27. The number of carbonyl (C=O) groups is 3. The van der Waals surface area contributed by atoms with Crippen molar-refractivity contribution in [2.24, 2.45) is 0 Å². The van der Waals surface area contributed by atoms with Crippen LogP contribution in [0, 0.1) is 5.82 Å². The Morgan fingerprint density at radius 3 is 2.00 bits per heavy atom. The second-order valence-electron chi connectivity index (χ2n) is 10.9. The zero-order chi connectivity index (χ0) is 33.6. The van der Waals surface area contributed by atoms with Crippen LogP contribution in [-0.2, 0) is 11.3 Å². The van der Waals surface area contributed by atoms with E-state index in [0.717, 1.165) is 16.0 Å². The van der Waals surface area contributed by atoms with Crippen molar-refractivity contribution < 1.29 is 33.0 Å². The van der Waals surface area contributed by atoms with Crippen molar-refractivity contribution >= 4 is 28.8 Å². The van der Waals surface area contributed by atoms with Gasteiger partial charge in [0.2, 0.25) is 0 Å². The second kappa shape index (κ2) is 14.4. The van der Waals surface area contributed by atoms with Crippen molar-refractivity contribution in [3.63, 3.8) is 0 Å². The molecule has 3 amide bonds. The number of hydrogen-bond donors (Lipinski definition) is 0. The van der Waals surface area contributed by atoms with Gasteiger partial charge in [-0.2, -0.15) is 0 Å². The van der Waals surface area contributed by atoms with Gasteiger partial charge in [0.1, 0.15) is 28.6 Å². The maximum atomic E-state index is 14.3. The number of benzene rings is 4. The van der Waals surface area contributed by atoms with E-state index in [1.54, 1.807) is 18.3 Å². The number of fused-ring (bicyclic) bond motifs is 2. The van der Waals surface area contributed by atoms with Crippen LogP contribution in [0.15, 0.2) is 103 Å². The van der Waals surface area contributed by atoms with Crippen molar-refractivity contribution in [3.8, 4) is 11.5 Å². The van der Waals surface area contributed by atoms with Crippen LogP contribution in [0.1, 0.15) is 57.4 Å². The minimum atomic E-state index is -0.674. The molecule has 7 rings (SSSR count). The highest BCUT2D eigenvalue weighted by atomic mass is 19.1. The number of rotatable bonds is 7. The van der Waals surface area contributed by atoms with Crippen LogP contribution >= 0.6 is 0 Å². The molecule has 2 aliphatic rings. The van der Waals surface area contributed by atoms with E-state index in [9.17, 15) is 18.8 Å². The minimum Gasteiger partial charge on any atom is -0.478 e. The van der Waals surface area contributed by atoms with Gasteiger partial charge < -0.3 is 19.1 Å². The zero-order valence-corrected chi connectivity index (χ0v) is 26.6.